The van der Waals surface area contributed by atoms with Gasteiger partial charge in [0.15, 0.2) is 4.90 Å². The number of aliphatic hydroxyl groups excluding tert-OH is 1. The van der Waals surface area contributed by atoms with Crippen LogP contribution in [0.3, 0.4) is 0 Å². The van der Waals surface area contributed by atoms with Crippen LogP contribution in [-0.2, 0) is 14.8 Å². The Morgan fingerprint density at radius 1 is 1.26 bits per heavy atom. The number of nitrogens with zero attached hydrogens (tertiary/aromatic N) is 3. The molecule has 1 saturated heterocycles. The molecule has 10 nitrogen and oxygen atoms in total. The number of benzene rings is 1. The third-order valence-electron chi connectivity index (χ3n) is 3.80. The van der Waals surface area contributed by atoms with Crippen molar-refractivity contribution in [1.82, 2.24) is 9.21 Å². The van der Waals surface area contributed by atoms with Crippen molar-refractivity contribution in [3.63, 3.8) is 0 Å². The Bertz CT molecular complexity index is 820. The number of hydrogen-bond donors (Lipinski definition) is 1. The molecule has 27 heavy (non-hydrogen) atoms. The smallest absolute Gasteiger partial charge is 0.410 e. The number of amides is 1. The molecule has 150 valence electrons. The number of β-amino-alcohol motifs (C(OH)–C–C–N with tert-alkyl or cyclic N) is 1. The van der Waals surface area contributed by atoms with Crippen molar-refractivity contribution in [2.75, 3.05) is 26.2 Å². The molecule has 1 aromatic rings. The Hall–Kier alpha value is -2.24. The summed E-state index contributed by atoms with van der Waals surface area (Å²) in [7, 11) is -4.23. The Kier molecular flexibility index (Phi) is 6.07. The molecule has 0 saturated carbocycles. The fourth-order valence-electron chi connectivity index (χ4n) is 2.64. The third kappa shape index (κ3) is 5.15. The second kappa shape index (κ2) is 7.79. The highest BCUT2D eigenvalue weighted by atomic mass is 32.2. The zero-order valence-electron chi connectivity index (χ0n) is 15.4. The lowest BCUT2D eigenvalue weighted by atomic mass is 10.2. The molecule has 0 aliphatic carbocycles. The van der Waals surface area contributed by atoms with Gasteiger partial charge in [0.2, 0.25) is 10.0 Å². The molecule has 1 aliphatic heterocycles. The fraction of sp³-hybridized carbons (Fsp3) is 0.562. The highest BCUT2D eigenvalue weighted by molar-refractivity contribution is 7.89. The average molecular weight is 401 g/mol. The summed E-state index contributed by atoms with van der Waals surface area (Å²) in [4.78, 5) is 23.4. The summed E-state index contributed by atoms with van der Waals surface area (Å²) < 4.78 is 32.0. The summed E-state index contributed by atoms with van der Waals surface area (Å²) in [5, 5.41) is 21.3. The van der Waals surface area contributed by atoms with Crippen LogP contribution < -0.4 is 0 Å². The van der Waals surface area contributed by atoms with E-state index in [9.17, 15) is 28.4 Å². The van der Waals surface area contributed by atoms with Gasteiger partial charge in [0.1, 0.15) is 5.60 Å². The van der Waals surface area contributed by atoms with Crippen LogP contribution in [-0.4, -0.2) is 71.6 Å². The molecule has 1 aromatic carbocycles. The number of carbonyl (C=O) groups excluding carboxylic acids is 1. The molecule has 0 unspecified atom stereocenters. The Labute approximate surface area is 157 Å². The van der Waals surface area contributed by atoms with E-state index in [0.29, 0.717) is 0 Å². The predicted octanol–water partition coefficient (Wildman–Crippen LogP) is 1.20. The standard InChI is InChI=1S/C16H23N3O7S/c1-16(2,3)26-15(21)17-8-9-18(11-12(20)10-17)27(24,25)14-7-5-4-6-13(14)19(22)23/h4-7,12,20H,8-11H2,1-3H3/t12-/m1/s1. The Morgan fingerprint density at radius 2 is 1.89 bits per heavy atom. The maximum Gasteiger partial charge on any atom is 0.410 e. The minimum Gasteiger partial charge on any atom is -0.444 e. The summed E-state index contributed by atoms with van der Waals surface area (Å²) in [6.07, 6.45) is -1.82. The van der Waals surface area contributed by atoms with Crippen molar-refractivity contribution < 1.29 is 28.0 Å². The van der Waals surface area contributed by atoms with E-state index in [4.69, 9.17) is 4.74 Å². The maximum atomic E-state index is 12.9. The van der Waals surface area contributed by atoms with E-state index in [1.807, 2.05) is 0 Å². The maximum absolute atomic E-state index is 12.9. The second-order valence-corrected chi connectivity index (χ2v) is 9.07. The fourth-order valence-corrected chi connectivity index (χ4v) is 4.26. The van der Waals surface area contributed by atoms with Gasteiger partial charge in [-0.25, -0.2) is 13.2 Å². The molecule has 1 N–H and O–H groups in total. The molecule has 0 bridgehead atoms. The van der Waals surface area contributed by atoms with Crippen LogP contribution in [0.4, 0.5) is 10.5 Å². The number of nitro benzene ring substituents is 1. The summed E-state index contributed by atoms with van der Waals surface area (Å²) in [5.74, 6) is 0. The van der Waals surface area contributed by atoms with Crippen molar-refractivity contribution in [2.24, 2.45) is 0 Å². The molecule has 1 amide bonds. The highest BCUT2D eigenvalue weighted by Crippen LogP contribution is 2.27. The lowest BCUT2D eigenvalue weighted by molar-refractivity contribution is -0.387. The molecule has 1 aliphatic rings. The number of hydrogen-bond acceptors (Lipinski definition) is 7. The minimum absolute atomic E-state index is 0.00810. The summed E-state index contributed by atoms with van der Waals surface area (Å²) >= 11 is 0. The van der Waals surface area contributed by atoms with Crippen LogP contribution in [0.2, 0.25) is 0 Å². The van der Waals surface area contributed by atoms with E-state index in [1.165, 1.54) is 17.0 Å². The number of ether oxygens (including phenoxy) is 1. The topological polar surface area (TPSA) is 130 Å². The van der Waals surface area contributed by atoms with Gasteiger partial charge in [-0.3, -0.25) is 10.1 Å². The number of nitro groups is 1. The van der Waals surface area contributed by atoms with Crippen molar-refractivity contribution in [3.05, 3.63) is 34.4 Å². The van der Waals surface area contributed by atoms with Crippen LogP contribution in [0, 0.1) is 10.1 Å². The SMILES string of the molecule is CC(C)(C)OC(=O)N1CCN(S(=O)(=O)c2ccccc2[N+](=O)[O-])C[C@H](O)C1. The molecular formula is C16H23N3O7S. The zero-order valence-corrected chi connectivity index (χ0v) is 16.2. The van der Waals surface area contributed by atoms with Gasteiger partial charge in [-0.1, -0.05) is 12.1 Å². The largest absolute Gasteiger partial charge is 0.444 e. The van der Waals surface area contributed by atoms with Crippen LogP contribution in [0.25, 0.3) is 0 Å². The van der Waals surface area contributed by atoms with Crippen molar-refractivity contribution >= 4 is 21.8 Å². The third-order valence-corrected chi connectivity index (χ3v) is 5.71. The summed E-state index contributed by atoms with van der Waals surface area (Å²) in [6.45, 7) is 4.58. The molecule has 11 heteroatoms. The molecule has 1 fully saturated rings. The van der Waals surface area contributed by atoms with Gasteiger partial charge >= 0.3 is 6.09 Å². The highest BCUT2D eigenvalue weighted by Gasteiger charge is 2.36. The number of aliphatic hydroxyl groups is 1. The molecule has 1 atom stereocenters. The lowest BCUT2D eigenvalue weighted by Crippen LogP contribution is -2.41. The van der Waals surface area contributed by atoms with Crippen molar-refractivity contribution in [3.8, 4) is 0 Å². The number of sulfonamides is 1. The van der Waals surface area contributed by atoms with Crippen molar-refractivity contribution in [1.29, 1.82) is 0 Å². The second-order valence-electron chi connectivity index (χ2n) is 7.17. The first-order chi connectivity index (χ1) is 12.4. The molecule has 0 spiro atoms. The van der Waals surface area contributed by atoms with E-state index in [0.717, 1.165) is 16.4 Å². The molecule has 0 radical (unpaired) electrons. The van der Waals surface area contributed by atoms with Crippen molar-refractivity contribution in [2.45, 2.75) is 37.4 Å². The Balaban J connectivity index is 2.25. The molecule has 2 rings (SSSR count). The summed E-state index contributed by atoms with van der Waals surface area (Å²) in [6, 6.07) is 5.02. The van der Waals surface area contributed by atoms with Gasteiger partial charge in [0, 0.05) is 25.7 Å². The lowest BCUT2D eigenvalue weighted by Gasteiger charge is -2.26. The molecular weight excluding hydrogens is 378 g/mol. The minimum atomic E-state index is -4.23. The number of para-hydroxylation sites is 1. The molecule has 1 heterocycles. The molecule has 0 aromatic heterocycles. The van der Waals surface area contributed by atoms with E-state index < -0.39 is 43.3 Å². The van der Waals surface area contributed by atoms with E-state index >= 15 is 0 Å². The van der Waals surface area contributed by atoms with E-state index in [-0.39, 0.29) is 26.2 Å². The van der Waals surface area contributed by atoms with Crippen LogP contribution in [0.5, 0.6) is 0 Å². The first-order valence-electron chi connectivity index (χ1n) is 8.31. The first-order valence-corrected chi connectivity index (χ1v) is 9.75. The Morgan fingerprint density at radius 3 is 2.48 bits per heavy atom. The zero-order chi connectivity index (χ0) is 20.4. The van der Waals surface area contributed by atoms with Crippen LogP contribution in [0.15, 0.2) is 29.2 Å². The number of rotatable bonds is 3. The first kappa shape index (κ1) is 21.1. The predicted molar refractivity (Wildman–Crippen MR) is 95.7 cm³/mol. The van der Waals surface area contributed by atoms with Crippen LogP contribution >= 0.6 is 0 Å². The monoisotopic (exact) mass is 401 g/mol. The average Bonchev–Trinajstić information content (AvgIpc) is 2.75. The number of carbonyl (C=O) groups is 1. The van der Waals surface area contributed by atoms with Gasteiger partial charge in [0.25, 0.3) is 5.69 Å². The normalized spacial score (nSPS) is 19.4. The van der Waals surface area contributed by atoms with Gasteiger partial charge in [0.05, 0.1) is 17.6 Å². The van der Waals surface area contributed by atoms with Crippen LogP contribution in [0.1, 0.15) is 20.8 Å². The van der Waals surface area contributed by atoms with Gasteiger partial charge in [-0.2, -0.15) is 4.31 Å². The van der Waals surface area contributed by atoms with E-state index in [1.54, 1.807) is 20.8 Å². The van der Waals surface area contributed by atoms with Gasteiger partial charge < -0.3 is 14.7 Å². The van der Waals surface area contributed by atoms with E-state index in [2.05, 4.69) is 0 Å². The quantitative estimate of drug-likeness (QED) is 0.595. The van der Waals surface area contributed by atoms with Gasteiger partial charge in [-0.15, -0.1) is 0 Å². The summed E-state index contributed by atoms with van der Waals surface area (Å²) in [5.41, 5.74) is -1.27. The van der Waals surface area contributed by atoms with Gasteiger partial charge in [-0.05, 0) is 26.8 Å².